The van der Waals surface area contributed by atoms with Gasteiger partial charge in [-0.1, -0.05) is 6.58 Å². The minimum Gasteiger partial charge on any atom is -0.307 e. The zero-order chi connectivity index (χ0) is 10.0. The molecular weight excluding hydrogens is 188 g/mol. The summed E-state index contributed by atoms with van der Waals surface area (Å²) >= 11 is 1.40. The van der Waals surface area contributed by atoms with Crippen molar-refractivity contribution in [2.24, 2.45) is 7.05 Å². The first kappa shape index (κ1) is 9.85. The summed E-state index contributed by atoms with van der Waals surface area (Å²) in [4.78, 5) is 25.0. The average Bonchev–Trinajstić information content (AvgIpc) is 2.09. The molecule has 0 aliphatic heterocycles. The summed E-state index contributed by atoms with van der Waals surface area (Å²) in [6.45, 7) is 3.59. The van der Waals surface area contributed by atoms with Gasteiger partial charge >= 0.3 is 5.69 Å². The molecule has 0 fully saturated rings. The third-order valence-electron chi connectivity index (χ3n) is 1.66. The first-order valence-electron chi connectivity index (χ1n) is 3.59. The highest BCUT2D eigenvalue weighted by atomic mass is 32.2. The topological polar surface area (TPSA) is 54.9 Å². The molecule has 1 N–H and O–H groups in total. The maximum atomic E-state index is 11.5. The van der Waals surface area contributed by atoms with Crippen LogP contribution in [-0.4, -0.2) is 15.8 Å². The Kier molecular flexibility index (Phi) is 2.77. The van der Waals surface area contributed by atoms with E-state index in [2.05, 4.69) is 11.6 Å². The number of aromatic amines is 1. The third kappa shape index (κ3) is 1.75. The van der Waals surface area contributed by atoms with Crippen molar-refractivity contribution >= 4 is 23.7 Å². The fourth-order valence-corrected chi connectivity index (χ4v) is 1.40. The number of H-pyrrole nitrogens is 1. The van der Waals surface area contributed by atoms with E-state index in [1.54, 1.807) is 5.41 Å². The lowest BCUT2D eigenvalue weighted by Crippen LogP contribution is -2.52. The van der Waals surface area contributed by atoms with Gasteiger partial charge in [-0.2, -0.15) is 0 Å². The van der Waals surface area contributed by atoms with Crippen LogP contribution in [0.3, 0.4) is 0 Å². The Morgan fingerprint density at radius 3 is 2.69 bits per heavy atom. The zero-order valence-electron chi connectivity index (χ0n) is 7.46. The number of hydrogen-bond donors (Lipinski definition) is 1. The highest BCUT2D eigenvalue weighted by molar-refractivity contribution is 8.05. The van der Waals surface area contributed by atoms with E-state index < -0.39 is 5.69 Å². The maximum absolute atomic E-state index is 11.5. The molecule has 0 atom stereocenters. The lowest BCUT2D eigenvalue weighted by molar-refractivity contribution is 0.758. The van der Waals surface area contributed by atoms with Crippen LogP contribution in [0.4, 0.5) is 0 Å². The highest BCUT2D eigenvalue weighted by Crippen LogP contribution is 1.87. The molecule has 1 aromatic rings. The second kappa shape index (κ2) is 3.66. The molecule has 0 radical (unpaired) electrons. The van der Waals surface area contributed by atoms with E-state index in [9.17, 15) is 9.59 Å². The molecule has 5 heteroatoms. The van der Waals surface area contributed by atoms with Crippen molar-refractivity contribution in [3.05, 3.63) is 31.4 Å². The van der Waals surface area contributed by atoms with E-state index in [0.717, 1.165) is 4.57 Å². The van der Waals surface area contributed by atoms with Crippen LogP contribution in [0.5, 0.6) is 0 Å². The molecule has 0 aromatic carbocycles. The predicted octanol–water partition coefficient (Wildman–Crippen LogP) is -1.42. The minimum atomic E-state index is -0.437. The summed E-state index contributed by atoms with van der Waals surface area (Å²) in [6, 6.07) is 0. The molecule has 0 saturated carbocycles. The van der Waals surface area contributed by atoms with Gasteiger partial charge in [-0.15, -0.1) is 11.8 Å². The van der Waals surface area contributed by atoms with Crippen LogP contribution < -0.4 is 21.8 Å². The molecule has 1 aromatic heterocycles. The molecule has 0 bridgehead atoms. The van der Waals surface area contributed by atoms with Gasteiger partial charge in [0.15, 0.2) is 0 Å². The van der Waals surface area contributed by atoms with Crippen LogP contribution >= 0.6 is 11.8 Å². The van der Waals surface area contributed by atoms with Gasteiger partial charge in [-0.3, -0.25) is 9.36 Å². The predicted molar refractivity (Wildman–Crippen MR) is 55.1 cm³/mol. The summed E-state index contributed by atoms with van der Waals surface area (Å²) in [5, 5.41) is 2.47. The number of nitrogens with zero attached hydrogens (tertiary/aromatic N) is 1. The molecule has 0 amide bonds. The van der Waals surface area contributed by atoms with Crippen molar-refractivity contribution in [3.8, 4) is 0 Å². The molecule has 0 aliphatic rings. The Hall–Kier alpha value is -1.23. The Balaban J connectivity index is 3.86. The number of thioether (sulfide) groups is 1. The second-order valence-electron chi connectivity index (χ2n) is 2.54. The molecule has 70 valence electrons. The SMILES string of the molecule is C=c1[nH]c(=O)n(C)c(=O)/c1=C/SC. The fraction of sp³-hybridized carbons (Fsp3) is 0.250. The maximum Gasteiger partial charge on any atom is 0.328 e. The summed E-state index contributed by atoms with van der Waals surface area (Å²) in [5.74, 6) is 0. The summed E-state index contributed by atoms with van der Waals surface area (Å²) in [5.41, 5.74) is -0.753. The van der Waals surface area contributed by atoms with E-state index in [1.165, 1.54) is 18.8 Å². The van der Waals surface area contributed by atoms with Crippen molar-refractivity contribution in [3.63, 3.8) is 0 Å². The molecule has 0 saturated heterocycles. The van der Waals surface area contributed by atoms with Gasteiger partial charge in [0.2, 0.25) is 0 Å². The quantitative estimate of drug-likeness (QED) is 0.603. The smallest absolute Gasteiger partial charge is 0.307 e. The Morgan fingerprint density at radius 2 is 2.15 bits per heavy atom. The Bertz CT molecular complexity index is 527. The first-order chi connectivity index (χ1) is 6.07. The first-order valence-corrected chi connectivity index (χ1v) is 4.88. The van der Waals surface area contributed by atoms with Crippen LogP contribution in [0.25, 0.3) is 12.0 Å². The number of aromatic nitrogens is 2. The average molecular weight is 198 g/mol. The fourth-order valence-electron chi connectivity index (χ4n) is 0.922. The van der Waals surface area contributed by atoms with Gasteiger partial charge < -0.3 is 4.98 Å². The number of rotatable bonds is 1. The summed E-state index contributed by atoms with van der Waals surface area (Å²) < 4.78 is 1.02. The minimum absolute atomic E-state index is 0.317. The van der Waals surface area contributed by atoms with E-state index in [4.69, 9.17) is 0 Å². The van der Waals surface area contributed by atoms with Gasteiger partial charge in [0.1, 0.15) is 0 Å². The molecule has 0 spiro atoms. The van der Waals surface area contributed by atoms with Gasteiger partial charge in [0.25, 0.3) is 5.56 Å². The zero-order valence-corrected chi connectivity index (χ0v) is 8.27. The van der Waals surface area contributed by atoms with E-state index in [0.29, 0.717) is 10.6 Å². The highest BCUT2D eigenvalue weighted by Gasteiger charge is 1.97. The van der Waals surface area contributed by atoms with Gasteiger partial charge in [-0.25, -0.2) is 4.79 Å². The molecular formula is C8H10N2O2S. The lowest BCUT2D eigenvalue weighted by Gasteiger charge is -1.94. The van der Waals surface area contributed by atoms with Gasteiger partial charge in [0.05, 0.1) is 5.22 Å². The van der Waals surface area contributed by atoms with Gasteiger partial charge in [0, 0.05) is 12.4 Å². The molecule has 1 heterocycles. The van der Waals surface area contributed by atoms with Crippen LogP contribution in [0.1, 0.15) is 0 Å². The summed E-state index contributed by atoms with van der Waals surface area (Å²) in [6.07, 6.45) is 1.84. The Labute approximate surface area is 78.6 Å². The normalized spacial score (nSPS) is 12.0. The largest absolute Gasteiger partial charge is 0.328 e. The number of hydrogen-bond acceptors (Lipinski definition) is 3. The standard InChI is InChI=1S/C8H10N2O2S/c1-5-6(4-13-3)7(11)10(2)8(12)9-5/h4H,1H2,2-3H3,(H,9,12)/b6-4+. The van der Waals surface area contributed by atoms with E-state index >= 15 is 0 Å². The lowest BCUT2D eigenvalue weighted by atomic mass is 10.4. The van der Waals surface area contributed by atoms with E-state index in [-0.39, 0.29) is 5.56 Å². The van der Waals surface area contributed by atoms with Crippen LogP contribution in [0.15, 0.2) is 9.59 Å². The molecule has 0 aliphatic carbocycles. The molecule has 1 rings (SSSR count). The van der Waals surface area contributed by atoms with Crippen LogP contribution in [-0.2, 0) is 7.05 Å². The van der Waals surface area contributed by atoms with Crippen LogP contribution in [0, 0.1) is 0 Å². The van der Waals surface area contributed by atoms with Crippen molar-refractivity contribution < 1.29 is 0 Å². The molecule has 0 unspecified atom stereocenters. The van der Waals surface area contributed by atoms with Crippen LogP contribution in [0.2, 0.25) is 0 Å². The van der Waals surface area contributed by atoms with Crippen molar-refractivity contribution in [1.82, 2.24) is 9.55 Å². The monoisotopic (exact) mass is 198 g/mol. The Morgan fingerprint density at radius 1 is 1.54 bits per heavy atom. The van der Waals surface area contributed by atoms with Crippen molar-refractivity contribution in [2.45, 2.75) is 0 Å². The van der Waals surface area contributed by atoms with E-state index in [1.807, 2.05) is 6.26 Å². The van der Waals surface area contributed by atoms with Crippen molar-refractivity contribution in [1.29, 1.82) is 0 Å². The molecule has 4 nitrogen and oxygen atoms in total. The van der Waals surface area contributed by atoms with Gasteiger partial charge in [-0.05, 0) is 11.7 Å². The third-order valence-corrected chi connectivity index (χ3v) is 2.13. The van der Waals surface area contributed by atoms with Crippen molar-refractivity contribution in [2.75, 3.05) is 6.26 Å². The molecule has 13 heavy (non-hydrogen) atoms. The number of nitrogens with one attached hydrogen (secondary N) is 1. The summed E-state index contributed by atoms with van der Waals surface area (Å²) in [7, 11) is 1.43. The second-order valence-corrected chi connectivity index (χ2v) is 3.25.